The lowest BCUT2D eigenvalue weighted by Gasteiger charge is -2.15. The Bertz CT molecular complexity index is 616. The van der Waals surface area contributed by atoms with Gasteiger partial charge in [-0.25, -0.2) is 4.98 Å². The molecule has 0 aliphatic heterocycles. The molecule has 4 nitrogen and oxygen atoms in total. The highest BCUT2D eigenvalue weighted by atomic mass is 79.9. The molecule has 20 heavy (non-hydrogen) atoms. The number of nitrogens with one attached hydrogen (secondary N) is 1. The van der Waals surface area contributed by atoms with Crippen molar-refractivity contribution in [2.24, 2.45) is 0 Å². The minimum atomic E-state index is -0.207. The fourth-order valence-corrected chi connectivity index (χ4v) is 2.14. The second kappa shape index (κ2) is 6.52. The van der Waals surface area contributed by atoms with E-state index in [4.69, 9.17) is 4.74 Å². The summed E-state index contributed by atoms with van der Waals surface area (Å²) < 4.78 is 5.82. The van der Waals surface area contributed by atoms with E-state index in [-0.39, 0.29) is 11.9 Å². The molecular formula is C15H15BrN2O2. The minimum absolute atomic E-state index is 0.126. The first-order chi connectivity index (χ1) is 9.60. The molecule has 1 heterocycles. The van der Waals surface area contributed by atoms with E-state index in [1.807, 2.05) is 31.2 Å². The number of carbonyl (C=O) groups excluding carboxylic acids is 1. The summed E-state index contributed by atoms with van der Waals surface area (Å²) in [5, 5.41) is 2.91. The Morgan fingerprint density at radius 1 is 1.30 bits per heavy atom. The number of benzene rings is 1. The number of aromatic nitrogens is 1. The summed E-state index contributed by atoms with van der Waals surface area (Å²) in [6.07, 6.45) is 0. The third kappa shape index (κ3) is 3.57. The summed E-state index contributed by atoms with van der Waals surface area (Å²) in [6.45, 7) is 1.92. The van der Waals surface area contributed by atoms with E-state index >= 15 is 0 Å². The first-order valence-electron chi connectivity index (χ1n) is 6.17. The summed E-state index contributed by atoms with van der Waals surface area (Å²) in [6, 6.07) is 12.7. The molecule has 1 aromatic carbocycles. The molecule has 0 aliphatic rings. The van der Waals surface area contributed by atoms with Gasteiger partial charge in [0.1, 0.15) is 16.0 Å². The number of pyridine rings is 1. The van der Waals surface area contributed by atoms with Crippen LogP contribution < -0.4 is 10.1 Å². The van der Waals surface area contributed by atoms with Crippen molar-refractivity contribution < 1.29 is 9.53 Å². The Balaban J connectivity index is 2.10. The number of nitrogens with zero attached hydrogens (tertiary/aromatic N) is 1. The number of hydrogen-bond donors (Lipinski definition) is 1. The molecule has 104 valence electrons. The maximum atomic E-state index is 12.1. The lowest BCUT2D eigenvalue weighted by molar-refractivity contribution is 0.0934. The molecule has 0 saturated heterocycles. The van der Waals surface area contributed by atoms with Gasteiger partial charge in [-0.15, -0.1) is 0 Å². The van der Waals surface area contributed by atoms with Crippen LogP contribution in [0.15, 0.2) is 47.1 Å². The smallest absolute Gasteiger partial charge is 0.270 e. The topological polar surface area (TPSA) is 51.2 Å². The predicted octanol–water partition coefficient (Wildman–Crippen LogP) is 3.34. The van der Waals surface area contributed by atoms with Crippen molar-refractivity contribution in [2.75, 3.05) is 7.11 Å². The highest BCUT2D eigenvalue weighted by Gasteiger charge is 2.13. The van der Waals surface area contributed by atoms with Crippen molar-refractivity contribution in [3.05, 3.63) is 58.3 Å². The number of methoxy groups -OCH3 is 1. The molecule has 0 radical (unpaired) electrons. The van der Waals surface area contributed by atoms with Gasteiger partial charge in [-0.05, 0) is 52.7 Å². The minimum Gasteiger partial charge on any atom is -0.497 e. The third-order valence-electron chi connectivity index (χ3n) is 2.89. The van der Waals surface area contributed by atoms with Crippen LogP contribution in [0.4, 0.5) is 0 Å². The Morgan fingerprint density at radius 2 is 2.05 bits per heavy atom. The Morgan fingerprint density at radius 3 is 2.75 bits per heavy atom. The highest BCUT2D eigenvalue weighted by Crippen LogP contribution is 2.19. The molecule has 0 spiro atoms. The van der Waals surface area contributed by atoms with Gasteiger partial charge in [0, 0.05) is 0 Å². The van der Waals surface area contributed by atoms with Crippen LogP contribution in [-0.4, -0.2) is 18.0 Å². The average Bonchev–Trinajstić information content (AvgIpc) is 2.47. The zero-order chi connectivity index (χ0) is 14.5. The van der Waals surface area contributed by atoms with Crippen LogP contribution >= 0.6 is 15.9 Å². The van der Waals surface area contributed by atoms with Crippen LogP contribution in [0, 0.1) is 0 Å². The van der Waals surface area contributed by atoms with Gasteiger partial charge in [-0.2, -0.15) is 0 Å². The number of carbonyl (C=O) groups is 1. The van der Waals surface area contributed by atoms with E-state index in [0.717, 1.165) is 11.3 Å². The van der Waals surface area contributed by atoms with Crippen molar-refractivity contribution in [3.63, 3.8) is 0 Å². The van der Waals surface area contributed by atoms with E-state index in [2.05, 4.69) is 26.2 Å². The van der Waals surface area contributed by atoms with Gasteiger partial charge in [0.15, 0.2) is 0 Å². The fourth-order valence-electron chi connectivity index (χ4n) is 1.80. The molecule has 1 N–H and O–H groups in total. The van der Waals surface area contributed by atoms with Crippen LogP contribution in [-0.2, 0) is 0 Å². The molecule has 0 saturated carbocycles. The molecule has 2 rings (SSSR count). The quantitative estimate of drug-likeness (QED) is 0.872. The van der Waals surface area contributed by atoms with Gasteiger partial charge in [0.25, 0.3) is 5.91 Å². The first kappa shape index (κ1) is 14.5. The SMILES string of the molecule is COc1cccc(C(C)NC(=O)c2cccc(Br)n2)c1. The third-order valence-corrected chi connectivity index (χ3v) is 3.33. The molecule has 1 aromatic heterocycles. The fraction of sp³-hybridized carbons (Fsp3) is 0.200. The van der Waals surface area contributed by atoms with E-state index < -0.39 is 0 Å². The molecule has 5 heteroatoms. The molecule has 0 fully saturated rings. The summed E-state index contributed by atoms with van der Waals surface area (Å²) >= 11 is 3.25. The van der Waals surface area contributed by atoms with E-state index in [9.17, 15) is 4.79 Å². The standard InChI is InChI=1S/C15H15BrN2O2/c1-10(11-5-3-6-12(9-11)20-2)17-15(19)13-7-4-8-14(16)18-13/h3-10H,1-2H3,(H,17,19). The average molecular weight is 335 g/mol. The van der Waals surface area contributed by atoms with Gasteiger partial charge < -0.3 is 10.1 Å². The van der Waals surface area contributed by atoms with Gasteiger partial charge in [-0.1, -0.05) is 18.2 Å². The van der Waals surface area contributed by atoms with Crippen molar-refractivity contribution >= 4 is 21.8 Å². The number of amides is 1. The van der Waals surface area contributed by atoms with Crippen LogP contribution in [0.5, 0.6) is 5.75 Å². The van der Waals surface area contributed by atoms with Crippen LogP contribution in [0.1, 0.15) is 29.0 Å². The van der Waals surface area contributed by atoms with Crippen LogP contribution in [0.25, 0.3) is 0 Å². The largest absolute Gasteiger partial charge is 0.497 e. The summed E-state index contributed by atoms with van der Waals surface area (Å²) in [5.41, 5.74) is 1.36. The van der Waals surface area contributed by atoms with Gasteiger partial charge in [0.05, 0.1) is 13.2 Å². The van der Waals surface area contributed by atoms with E-state index in [1.165, 1.54) is 0 Å². The second-order valence-corrected chi connectivity index (χ2v) is 5.13. The normalized spacial score (nSPS) is 11.8. The lowest BCUT2D eigenvalue weighted by Crippen LogP contribution is -2.27. The summed E-state index contributed by atoms with van der Waals surface area (Å²) in [7, 11) is 1.62. The van der Waals surface area contributed by atoms with Crippen LogP contribution in [0.2, 0.25) is 0 Å². The molecule has 1 amide bonds. The second-order valence-electron chi connectivity index (χ2n) is 4.32. The maximum absolute atomic E-state index is 12.1. The monoisotopic (exact) mass is 334 g/mol. The van der Waals surface area contributed by atoms with Crippen molar-refractivity contribution in [3.8, 4) is 5.75 Å². The Hall–Kier alpha value is -1.88. The number of rotatable bonds is 4. The van der Waals surface area contributed by atoms with Crippen LogP contribution in [0.3, 0.4) is 0 Å². The van der Waals surface area contributed by atoms with Gasteiger partial charge >= 0.3 is 0 Å². The molecule has 1 atom stereocenters. The molecule has 1 unspecified atom stereocenters. The molecular weight excluding hydrogens is 320 g/mol. The number of halogens is 1. The Kier molecular flexibility index (Phi) is 4.74. The molecule has 2 aromatic rings. The highest BCUT2D eigenvalue weighted by molar-refractivity contribution is 9.10. The predicted molar refractivity (Wildman–Crippen MR) is 80.8 cm³/mol. The number of ether oxygens (including phenoxy) is 1. The zero-order valence-corrected chi connectivity index (χ0v) is 12.8. The van der Waals surface area contributed by atoms with Crippen molar-refractivity contribution in [1.82, 2.24) is 10.3 Å². The zero-order valence-electron chi connectivity index (χ0n) is 11.3. The van der Waals surface area contributed by atoms with E-state index in [1.54, 1.807) is 25.3 Å². The molecule has 0 aliphatic carbocycles. The Labute approximate surface area is 126 Å². The van der Waals surface area contributed by atoms with Crippen molar-refractivity contribution in [1.29, 1.82) is 0 Å². The lowest BCUT2D eigenvalue weighted by atomic mass is 10.1. The summed E-state index contributed by atoms with van der Waals surface area (Å²) in [4.78, 5) is 16.2. The molecule has 0 bridgehead atoms. The van der Waals surface area contributed by atoms with Gasteiger partial charge in [-0.3, -0.25) is 4.79 Å². The van der Waals surface area contributed by atoms with E-state index in [0.29, 0.717) is 10.3 Å². The van der Waals surface area contributed by atoms with Gasteiger partial charge in [0.2, 0.25) is 0 Å². The summed E-state index contributed by atoms with van der Waals surface area (Å²) in [5.74, 6) is 0.561. The number of hydrogen-bond acceptors (Lipinski definition) is 3. The van der Waals surface area contributed by atoms with Crippen molar-refractivity contribution in [2.45, 2.75) is 13.0 Å². The maximum Gasteiger partial charge on any atom is 0.270 e. The first-order valence-corrected chi connectivity index (χ1v) is 6.97.